The van der Waals surface area contributed by atoms with E-state index in [4.69, 9.17) is 4.74 Å². The molecule has 0 saturated carbocycles. The molecular weight excluding hydrogens is 248 g/mol. The topological polar surface area (TPSA) is 24.5 Å². The van der Waals surface area contributed by atoms with Gasteiger partial charge >= 0.3 is 0 Å². The molecule has 0 aliphatic carbocycles. The number of nitrogens with one attached hydrogen (secondary N) is 1. The van der Waals surface area contributed by atoms with Gasteiger partial charge < -0.3 is 10.1 Å². The number of methoxy groups -OCH3 is 1. The molecule has 0 aliphatic heterocycles. The Morgan fingerprint density at radius 1 is 1.15 bits per heavy atom. The van der Waals surface area contributed by atoms with Crippen LogP contribution in [0, 0.1) is 5.41 Å². The predicted molar refractivity (Wildman–Crippen MR) is 89.4 cm³/mol. The van der Waals surface area contributed by atoms with Gasteiger partial charge in [0.05, 0.1) is 6.61 Å². The molecule has 1 atom stereocenters. The van der Waals surface area contributed by atoms with Crippen molar-refractivity contribution in [2.75, 3.05) is 39.9 Å². The molecule has 122 valence electrons. The third kappa shape index (κ3) is 7.61. The van der Waals surface area contributed by atoms with Crippen LogP contribution in [0.1, 0.15) is 60.3 Å². The number of ether oxygens (including phenoxy) is 1. The van der Waals surface area contributed by atoms with Crippen molar-refractivity contribution >= 4 is 0 Å². The maximum Gasteiger partial charge on any atom is 0.0589 e. The molecule has 0 amide bonds. The van der Waals surface area contributed by atoms with Crippen molar-refractivity contribution in [2.24, 2.45) is 5.41 Å². The van der Waals surface area contributed by atoms with Crippen molar-refractivity contribution in [3.63, 3.8) is 0 Å². The van der Waals surface area contributed by atoms with Crippen LogP contribution >= 0.6 is 0 Å². The lowest BCUT2D eigenvalue weighted by molar-refractivity contribution is 0.0719. The van der Waals surface area contributed by atoms with E-state index in [1.54, 1.807) is 7.11 Å². The first-order chi connectivity index (χ1) is 9.56. The van der Waals surface area contributed by atoms with Gasteiger partial charge in [-0.1, -0.05) is 41.0 Å². The molecule has 0 aromatic rings. The van der Waals surface area contributed by atoms with Crippen LogP contribution in [0.25, 0.3) is 0 Å². The Kier molecular flexibility index (Phi) is 11.5. The summed E-state index contributed by atoms with van der Waals surface area (Å²) in [5.74, 6) is 0. The summed E-state index contributed by atoms with van der Waals surface area (Å²) < 4.78 is 5.31. The number of hydrogen-bond donors (Lipinski definition) is 1. The van der Waals surface area contributed by atoms with Crippen molar-refractivity contribution < 1.29 is 4.74 Å². The second kappa shape index (κ2) is 11.5. The standard InChI is InChI=1S/C17H38N2O/c1-7-11-17(5,14-18-10-4)15-19(12-13-20-6)16(8-2)9-3/h16,18H,7-15H2,1-6H3. The fourth-order valence-electron chi connectivity index (χ4n) is 3.15. The van der Waals surface area contributed by atoms with Crippen molar-refractivity contribution in [2.45, 2.75) is 66.3 Å². The first-order valence-electron chi connectivity index (χ1n) is 8.50. The van der Waals surface area contributed by atoms with E-state index < -0.39 is 0 Å². The lowest BCUT2D eigenvalue weighted by Crippen LogP contribution is -2.47. The first-order valence-corrected chi connectivity index (χ1v) is 8.50. The smallest absolute Gasteiger partial charge is 0.0589 e. The molecule has 0 aromatic heterocycles. The third-order valence-electron chi connectivity index (χ3n) is 4.28. The van der Waals surface area contributed by atoms with Crippen molar-refractivity contribution in [1.29, 1.82) is 0 Å². The van der Waals surface area contributed by atoms with Gasteiger partial charge in [-0.2, -0.15) is 0 Å². The second-order valence-corrected chi connectivity index (χ2v) is 6.27. The molecule has 0 radical (unpaired) electrons. The molecule has 20 heavy (non-hydrogen) atoms. The van der Waals surface area contributed by atoms with Gasteiger partial charge in [-0.3, -0.25) is 4.90 Å². The summed E-state index contributed by atoms with van der Waals surface area (Å²) in [4.78, 5) is 2.65. The molecule has 0 bridgehead atoms. The average Bonchev–Trinajstić information content (AvgIpc) is 2.44. The van der Waals surface area contributed by atoms with Gasteiger partial charge in [0.25, 0.3) is 0 Å². The van der Waals surface area contributed by atoms with Gasteiger partial charge in [0.15, 0.2) is 0 Å². The van der Waals surface area contributed by atoms with Crippen molar-refractivity contribution in [1.82, 2.24) is 10.2 Å². The van der Waals surface area contributed by atoms with Gasteiger partial charge in [-0.15, -0.1) is 0 Å². The van der Waals surface area contributed by atoms with Crippen LogP contribution < -0.4 is 5.32 Å². The first kappa shape index (κ1) is 19.9. The Labute approximate surface area is 127 Å². The fraction of sp³-hybridized carbons (Fsp3) is 1.00. The normalized spacial score (nSPS) is 15.0. The van der Waals surface area contributed by atoms with Crippen LogP contribution in [-0.4, -0.2) is 50.8 Å². The summed E-state index contributed by atoms with van der Waals surface area (Å²) in [5.41, 5.74) is 0.362. The summed E-state index contributed by atoms with van der Waals surface area (Å²) >= 11 is 0. The lowest BCUT2D eigenvalue weighted by Gasteiger charge is -2.39. The van der Waals surface area contributed by atoms with E-state index in [0.717, 1.165) is 26.2 Å². The summed E-state index contributed by atoms with van der Waals surface area (Å²) in [7, 11) is 1.80. The van der Waals surface area contributed by atoms with E-state index in [9.17, 15) is 0 Å². The zero-order valence-electron chi connectivity index (χ0n) is 14.8. The number of nitrogens with zero attached hydrogens (tertiary/aromatic N) is 1. The quantitative estimate of drug-likeness (QED) is 0.560. The maximum atomic E-state index is 5.31. The van der Waals surface area contributed by atoms with Gasteiger partial charge in [-0.05, 0) is 31.2 Å². The van der Waals surface area contributed by atoms with E-state index in [1.165, 1.54) is 32.2 Å². The summed E-state index contributed by atoms with van der Waals surface area (Å²) in [6.45, 7) is 16.7. The van der Waals surface area contributed by atoms with Crippen LogP contribution in [0.3, 0.4) is 0 Å². The highest BCUT2D eigenvalue weighted by Crippen LogP contribution is 2.26. The van der Waals surface area contributed by atoms with Gasteiger partial charge in [-0.25, -0.2) is 0 Å². The largest absolute Gasteiger partial charge is 0.383 e. The van der Waals surface area contributed by atoms with Gasteiger partial charge in [0.2, 0.25) is 0 Å². The molecule has 0 rings (SSSR count). The van der Waals surface area contributed by atoms with Gasteiger partial charge in [0, 0.05) is 32.8 Å². The molecule has 0 spiro atoms. The minimum atomic E-state index is 0.362. The van der Waals surface area contributed by atoms with Gasteiger partial charge in [0.1, 0.15) is 0 Å². The zero-order chi connectivity index (χ0) is 15.4. The Morgan fingerprint density at radius 2 is 1.80 bits per heavy atom. The molecule has 0 heterocycles. The molecule has 0 aliphatic rings. The van der Waals surface area contributed by atoms with Crippen molar-refractivity contribution in [3.8, 4) is 0 Å². The monoisotopic (exact) mass is 286 g/mol. The van der Waals surface area contributed by atoms with Crippen LogP contribution in [0.5, 0.6) is 0 Å². The summed E-state index contributed by atoms with van der Waals surface area (Å²) in [6, 6.07) is 0.683. The third-order valence-corrected chi connectivity index (χ3v) is 4.28. The van der Waals surface area contributed by atoms with E-state index in [1.807, 2.05) is 0 Å². The highest BCUT2D eigenvalue weighted by molar-refractivity contribution is 4.83. The molecule has 0 aromatic carbocycles. The highest BCUT2D eigenvalue weighted by Gasteiger charge is 2.28. The fourth-order valence-corrected chi connectivity index (χ4v) is 3.15. The van der Waals surface area contributed by atoms with E-state index in [-0.39, 0.29) is 0 Å². The number of hydrogen-bond acceptors (Lipinski definition) is 3. The van der Waals surface area contributed by atoms with Crippen LogP contribution in [-0.2, 0) is 4.74 Å². The van der Waals surface area contributed by atoms with E-state index in [2.05, 4.69) is 44.8 Å². The Hall–Kier alpha value is -0.120. The average molecular weight is 287 g/mol. The molecule has 0 saturated heterocycles. The minimum Gasteiger partial charge on any atom is -0.383 e. The predicted octanol–water partition coefficient (Wildman–Crippen LogP) is 3.54. The van der Waals surface area contributed by atoms with Crippen LogP contribution in [0.4, 0.5) is 0 Å². The van der Waals surface area contributed by atoms with E-state index in [0.29, 0.717) is 11.5 Å². The van der Waals surface area contributed by atoms with Crippen molar-refractivity contribution in [3.05, 3.63) is 0 Å². The lowest BCUT2D eigenvalue weighted by atomic mass is 9.84. The second-order valence-electron chi connectivity index (χ2n) is 6.27. The van der Waals surface area contributed by atoms with E-state index >= 15 is 0 Å². The molecule has 0 fully saturated rings. The van der Waals surface area contributed by atoms with Crippen LogP contribution in [0.15, 0.2) is 0 Å². The summed E-state index contributed by atoms with van der Waals surface area (Å²) in [5, 5.41) is 3.55. The Morgan fingerprint density at radius 3 is 2.25 bits per heavy atom. The van der Waals surface area contributed by atoms with Crippen LogP contribution in [0.2, 0.25) is 0 Å². The molecule has 3 nitrogen and oxygen atoms in total. The highest BCUT2D eigenvalue weighted by atomic mass is 16.5. The summed E-state index contributed by atoms with van der Waals surface area (Å²) in [6.07, 6.45) is 4.99. The SMILES string of the molecule is CCCC(C)(CNCC)CN(CCOC)C(CC)CC. The molecule has 1 N–H and O–H groups in total. The minimum absolute atomic E-state index is 0.362. The Bertz CT molecular complexity index is 219. The number of rotatable bonds is 13. The Balaban J connectivity index is 4.75. The zero-order valence-corrected chi connectivity index (χ0v) is 14.8. The molecule has 3 heteroatoms. The molecular formula is C17H38N2O. The molecule has 1 unspecified atom stereocenters. The maximum absolute atomic E-state index is 5.31.